The second-order valence-corrected chi connectivity index (χ2v) is 4.72. The van der Waals surface area contributed by atoms with Gasteiger partial charge < -0.3 is 11.5 Å². The number of nitrogen functional groups attached to an aromatic ring is 1. The quantitative estimate of drug-likeness (QED) is 0.786. The predicted octanol–water partition coefficient (Wildman–Crippen LogP) is 1.62. The molecule has 0 fully saturated rings. The summed E-state index contributed by atoms with van der Waals surface area (Å²) >= 11 is 6.08. The molecule has 0 aliphatic carbocycles. The lowest BCUT2D eigenvalue weighted by molar-refractivity contribution is -0.119. The summed E-state index contributed by atoms with van der Waals surface area (Å²) in [5, 5.41) is 0.648. The van der Waals surface area contributed by atoms with Crippen molar-refractivity contribution in [2.24, 2.45) is 5.73 Å². The molecular formula is C12H18ClN3O. The number of primary amides is 1. The maximum Gasteiger partial charge on any atom is 0.231 e. The van der Waals surface area contributed by atoms with Crippen LogP contribution in [0.4, 0.5) is 5.69 Å². The van der Waals surface area contributed by atoms with E-state index >= 15 is 0 Å². The van der Waals surface area contributed by atoms with Crippen molar-refractivity contribution in [3.63, 3.8) is 0 Å². The third-order valence-electron chi connectivity index (χ3n) is 2.53. The minimum Gasteiger partial charge on any atom is -0.399 e. The summed E-state index contributed by atoms with van der Waals surface area (Å²) in [5.41, 5.74) is 12.5. The van der Waals surface area contributed by atoms with E-state index in [0.29, 0.717) is 17.3 Å². The lowest BCUT2D eigenvalue weighted by Gasteiger charge is -2.25. The molecule has 1 rings (SSSR count). The molecule has 0 unspecified atom stereocenters. The number of rotatable bonds is 5. The maximum atomic E-state index is 11.0. The van der Waals surface area contributed by atoms with Crippen LogP contribution in [0.5, 0.6) is 0 Å². The predicted molar refractivity (Wildman–Crippen MR) is 70.6 cm³/mol. The summed E-state index contributed by atoms with van der Waals surface area (Å²) in [7, 11) is 0. The lowest BCUT2D eigenvalue weighted by Crippen LogP contribution is -2.38. The topological polar surface area (TPSA) is 72.3 Å². The number of carbonyl (C=O) groups is 1. The van der Waals surface area contributed by atoms with Gasteiger partial charge in [0, 0.05) is 23.3 Å². The van der Waals surface area contributed by atoms with Gasteiger partial charge in [-0.1, -0.05) is 11.6 Å². The van der Waals surface area contributed by atoms with Crippen LogP contribution in [0.2, 0.25) is 5.02 Å². The highest BCUT2D eigenvalue weighted by atomic mass is 35.5. The first-order valence-electron chi connectivity index (χ1n) is 5.46. The summed E-state index contributed by atoms with van der Waals surface area (Å²) < 4.78 is 0. The van der Waals surface area contributed by atoms with Crippen LogP contribution in [0.25, 0.3) is 0 Å². The molecule has 0 saturated carbocycles. The first-order chi connectivity index (χ1) is 7.90. The third kappa shape index (κ3) is 4.24. The molecule has 0 radical (unpaired) electrons. The Morgan fingerprint density at radius 3 is 2.65 bits per heavy atom. The van der Waals surface area contributed by atoms with Gasteiger partial charge >= 0.3 is 0 Å². The third-order valence-corrected chi connectivity index (χ3v) is 2.90. The molecule has 1 aromatic rings. The van der Waals surface area contributed by atoms with Crippen LogP contribution in [-0.2, 0) is 11.3 Å². The van der Waals surface area contributed by atoms with Crippen LogP contribution >= 0.6 is 11.6 Å². The van der Waals surface area contributed by atoms with Crippen LogP contribution in [-0.4, -0.2) is 23.4 Å². The lowest BCUT2D eigenvalue weighted by atomic mass is 10.1. The molecule has 0 saturated heterocycles. The first-order valence-corrected chi connectivity index (χ1v) is 5.84. The number of amides is 1. The van der Waals surface area contributed by atoms with E-state index in [0.717, 1.165) is 5.56 Å². The van der Waals surface area contributed by atoms with E-state index < -0.39 is 0 Å². The number of nitrogens with two attached hydrogens (primary N) is 2. The molecule has 0 aliphatic heterocycles. The average molecular weight is 256 g/mol. The van der Waals surface area contributed by atoms with Crippen LogP contribution in [0.1, 0.15) is 19.4 Å². The van der Waals surface area contributed by atoms with Gasteiger partial charge in [0.1, 0.15) is 0 Å². The van der Waals surface area contributed by atoms with Crippen molar-refractivity contribution in [1.82, 2.24) is 4.90 Å². The Morgan fingerprint density at radius 2 is 2.12 bits per heavy atom. The zero-order valence-electron chi connectivity index (χ0n) is 10.1. The van der Waals surface area contributed by atoms with Crippen molar-refractivity contribution < 1.29 is 4.79 Å². The average Bonchev–Trinajstić information content (AvgIpc) is 2.21. The Morgan fingerprint density at radius 1 is 1.47 bits per heavy atom. The van der Waals surface area contributed by atoms with Crippen LogP contribution in [0, 0.1) is 0 Å². The number of halogens is 1. The van der Waals surface area contributed by atoms with E-state index in [1.165, 1.54) is 0 Å². The summed E-state index contributed by atoms with van der Waals surface area (Å²) in [6.45, 7) is 4.78. The molecule has 4 nitrogen and oxygen atoms in total. The van der Waals surface area contributed by atoms with Gasteiger partial charge in [-0.2, -0.15) is 0 Å². The molecule has 0 bridgehead atoms. The molecule has 0 heterocycles. The fourth-order valence-corrected chi connectivity index (χ4v) is 1.73. The van der Waals surface area contributed by atoms with Crippen LogP contribution in [0.15, 0.2) is 18.2 Å². The monoisotopic (exact) mass is 255 g/mol. The zero-order valence-corrected chi connectivity index (χ0v) is 10.9. The van der Waals surface area contributed by atoms with Gasteiger partial charge in [-0.15, -0.1) is 0 Å². The Kier molecular flexibility index (Phi) is 4.78. The number of benzene rings is 1. The maximum absolute atomic E-state index is 11.0. The van der Waals surface area contributed by atoms with Crippen molar-refractivity contribution in [2.75, 3.05) is 12.3 Å². The smallest absolute Gasteiger partial charge is 0.231 e. The van der Waals surface area contributed by atoms with Crippen molar-refractivity contribution in [1.29, 1.82) is 0 Å². The SMILES string of the molecule is CC(C)N(CC(N)=O)Cc1cc(N)ccc1Cl. The molecule has 0 aromatic heterocycles. The number of hydrogen-bond donors (Lipinski definition) is 2. The Labute approximate surface area is 107 Å². The van der Waals surface area contributed by atoms with E-state index in [-0.39, 0.29) is 18.5 Å². The zero-order chi connectivity index (χ0) is 13.0. The highest BCUT2D eigenvalue weighted by molar-refractivity contribution is 6.31. The largest absolute Gasteiger partial charge is 0.399 e. The summed E-state index contributed by atoms with van der Waals surface area (Å²) in [6.07, 6.45) is 0. The fourth-order valence-electron chi connectivity index (χ4n) is 1.56. The van der Waals surface area contributed by atoms with Crippen molar-refractivity contribution in [2.45, 2.75) is 26.4 Å². The molecule has 0 aliphatic rings. The Bertz CT molecular complexity index is 407. The van der Waals surface area contributed by atoms with Gasteiger partial charge in [-0.05, 0) is 37.6 Å². The molecule has 4 N–H and O–H groups in total. The van der Waals surface area contributed by atoms with Crippen molar-refractivity contribution in [3.8, 4) is 0 Å². The second kappa shape index (κ2) is 5.89. The van der Waals surface area contributed by atoms with Crippen LogP contribution < -0.4 is 11.5 Å². The Balaban J connectivity index is 2.85. The normalized spacial score (nSPS) is 11.1. The van der Waals surface area contributed by atoms with Gasteiger partial charge in [-0.3, -0.25) is 9.69 Å². The molecule has 94 valence electrons. The Hall–Kier alpha value is -1.26. The van der Waals surface area contributed by atoms with E-state index in [4.69, 9.17) is 23.1 Å². The molecule has 1 amide bonds. The second-order valence-electron chi connectivity index (χ2n) is 4.32. The standard InChI is InChI=1S/C12H18ClN3O/c1-8(2)16(7-12(15)17)6-9-5-10(14)3-4-11(9)13/h3-5,8H,6-7,14H2,1-2H3,(H2,15,17). The van der Waals surface area contributed by atoms with Crippen molar-refractivity contribution >= 4 is 23.2 Å². The van der Waals surface area contributed by atoms with E-state index in [1.54, 1.807) is 12.1 Å². The summed E-state index contributed by atoms with van der Waals surface area (Å²) in [4.78, 5) is 12.9. The minimum absolute atomic E-state index is 0.208. The molecule has 1 aromatic carbocycles. The highest BCUT2D eigenvalue weighted by Gasteiger charge is 2.14. The molecule has 0 atom stereocenters. The van der Waals surface area contributed by atoms with E-state index in [2.05, 4.69) is 0 Å². The number of nitrogens with zero attached hydrogens (tertiary/aromatic N) is 1. The van der Waals surface area contributed by atoms with Crippen LogP contribution in [0.3, 0.4) is 0 Å². The summed E-state index contributed by atoms with van der Waals surface area (Å²) in [6, 6.07) is 5.54. The van der Waals surface area contributed by atoms with Gasteiger partial charge in [0.05, 0.1) is 6.54 Å². The van der Waals surface area contributed by atoms with Crippen molar-refractivity contribution in [3.05, 3.63) is 28.8 Å². The van der Waals surface area contributed by atoms with E-state index in [9.17, 15) is 4.79 Å². The first kappa shape index (κ1) is 13.8. The summed E-state index contributed by atoms with van der Waals surface area (Å²) in [5.74, 6) is -0.348. The van der Waals surface area contributed by atoms with Gasteiger partial charge in [0.15, 0.2) is 0 Å². The molecule has 17 heavy (non-hydrogen) atoms. The van der Waals surface area contributed by atoms with Gasteiger partial charge in [0.25, 0.3) is 0 Å². The molecule has 0 spiro atoms. The fraction of sp³-hybridized carbons (Fsp3) is 0.417. The molecule has 5 heteroatoms. The minimum atomic E-state index is -0.348. The van der Waals surface area contributed by atoms with E-state index in [1.807, 2.05) is 24.8 Å². The number of hydrogen-bond acceptors (Lipinski definition) is 3. The number of carbonyl (C=O) groups excluding carboxylic acids is 1. The van der Waals surface area contributed by atoms with Gasteiger partial charge in [-0.25, -0.2) is 0 Å². The van der Waals surface area contributed by atoms with Gasteiger partial charge in [0.2, 0.25) is 5.91 Å². The number of anilines is 1. The molecular weight excluding hydrogens is 238 g/mol. The highest BCUT2D eigenvalue weighted by Crippen LogP contribution is 2.21.